The molecule has 1 fully saturated rings. The van der Waals surface area contributed by atoms with Crippen molar-refractivity contribution < 1.29 is 42.9 Å². The van der Waals surface area contributed by atoms with Crippen molar-refractivity contribution in [1.29, 1.82) is 0 Å². The van der Waals surface area contributed by atoms with Crippen LogP contribution in [0.5, 0.6) is 0 Å². The first kappa shape index (κ1) is 26.4. The summed E-state index contributed by atoms with van der Waals surface area (Å²) in [6.07, 6.45) is -0.456. The molecule has 1 aromatic carbocycles. The van der Waals surface area contributed by atoms with Crippen LogP contribution >= 0.6 is 11.8 Å². The molecular formula is C23H28O9S. The van der Waals surface area contributed by atoms with E-state index in [1.165, 1.54) is 39.5 Å². The van der Waals surface area contributed by atoms with Gasteiger partial charge in [0.05, 0.1) is 0 Å². The van der Waals surface area contributed by atoms with Gasteiger partial charge in [0.15, 0.2) is 18.3 Å². The quantitative estimate of drug-likeness (QED) is 0.386. The number of hydrogen-bond donors (Lipinski definition) is 0. The molecule has 0 bridgehead atoms. The van der Waals surface area contributed by atoms with E-state index in [1.54, 1.807) is 0 Å². The van der Waals surface area contributed by atoms with Crippen molar-refractivity contribution >= 4 is 41.7 Å². The van der Waals surface area contributed by atoms with E-state index >= 15 is 0 Å². The lowest BCUT2D eigenvalue weighted by atomic mass is 9.99. The highest BCUT2D eigenvalue weighted by atomic mass is 32.2. The van der Waals surface area contributed by atoms with Crippen LogP contribution in [-0.2, 0) is 42.9 Å². The molecule has 0 N–H and O–H groups in total. The van der Waals surface area contributed by atoms with Crippen LogP contribution in [0.3, 0.4) is 0 Å². The average Bonchev–Trinajstić information content (AvgIpc) is 2.73. The lowest BCUT2D eigenvalue weighted by molar-refractivity contribution is -0.237. The van der Waals surface area contributed by atoms with Gasteiger partial charge in [0, 0.05) is 33.4 Å². The van der Waals surface area contributed by atoms with Crippen LogP contribution in [0.15, 0.2) is 36.4 Å². The van der Waals surface area contributed by atoms with Gasteiger partial charge in [-0.1, -0.05) is 42.5 Å². The van der Waals surface area contributed by atoms with E-state index in [9.17, 15) is 19.2 Å². The number of rotatable bonds is 9. The van der Waals surface area contributed by atoms with E-state index in [2.05, 4.69) is 0 Å². The predicted octanol–water partition coefficient (Wildman–Crippen LogP) is 2.52. The lowest BCUT2D eigenvalue weighted by Crippen LogP contribution is -2.61. The van der Waals surface area contributed by atoms with Gasteiger partial charge in [0.1, 0.15) is 18.1 Å². The first-order chi connectivity index (χ1) is 15.7. The SMILES string of the molecule is CC(=O)OC[C@H]1O[C@@H](SC/C=C/c2ccccc2)[C@H](OC(C)=O)[C@@H](OC(C)=O)[C@@H]1OC(C)=O. The molecule has 0 unspecified atom stereocenters. The van der Waals surface area contributed by atoms with Crippen molar-refractivity contribution in [1.82, 2.24) is 0 Å². The third-order valence-electron chi connectivity index (χ3n) is 4.41. The Morgan fingerprint density at radius 1 is 0.848 bits per heavy atom. The Morgan fingerprint density at radius 3 is 2.00 bits per heavy atom. The second kappa shape index (κ2) is 13.0. The molecule has 0 radical (unpaired) electrons. The van der Waals surface area contributed by atoms with Crippen molar-refractivity contribution in [2.45, 2.75) is 57.5 Å². The Kier molecular flexibility index (Phi) is 10.4. The molecule has 1 aliphatic heterocycles. The fourth-order valence-electron chi connectivity index (χ4n) is 3.22. The normalized spacial score (nSPS) is 24.7. The lowest BCUT2D eigenvalue weighted by Gasteiger charge is -2.44. The van der Waals surface area contributed by atoms with Gasteiger partial charge >= 0.3 is 23.9 Å². The summed E-state index contributed by atoms with van der Waals surface area (Å²) in [4.78, 5) is 46.7. The third kappa shape index (κ3) is 8.89. The monoisotopic (exact) mass is 480 g/mol. The maximum atomic E-state index is 11.8. The highest BCUT2D eigenvalue weighted by molar-refractivity contribution is 7.99. The van der Waals surface area contributed by atoms with Crippen molar-refractivity contribution in [3.05, 3.63) is 42.0 Å². The van der Waals surface area contributed by atoms with Crippen LogP contribution < -0.4 is 0 Å². The van der Waals surface area contributed by atoms with Crippen LogP contribution in [0.2, 0.25) is 0 Å². The smallest absolute Gasteiger partial charge is 0.303 e. The molecule has 5 atom stereocenters. The highest BCUT2D eigenvalue weighted by Crippen LogP contribution is 2.34. The molecule has 0 aliphatic carbocycles. The zero-order valence-electron chi connectivity index (χ0n) is 18.9. The van der Waals surface area contributed by atoms with Crippen molar-refractivity contribution in [2.75, 3.05) is 12.4 Å². The number of esters is 4. The third-order valence-corrected chi connectivity index (χ3v) is 5.51. The summed E-state index contributed by atoms with van der Waals surface area (Å²) < 4.78 is 27.3. The molecule has 0 saturated carbocycles. The molecule has 1 heterocycles. The maximum absolute atomic E-state index is 11.8. The Balaban J connectivity index is 2.28. The van der Waals surface area contributed by atoms with Crippen molar-refractivity contribution in [3.63, 3.8) is 0 Å². The van der Waals surface area contributed by atoms with Gasteiger partial charge in [0.2, 0.25) is 0 Å². The van der Waals surface area contributed by atoms with Crippen LogP contribution in [0.4, 0.5) is 0 Å². The number of carbonyl (C=O) groups excluding carboxylic acids is 4. The van der Waals surface area contributed by atoms with E-state index in [-0.39, 0.29) is 6.61 Å². The Morgan fingerprint density at radius 2 is 1.42 bits per heavy atom. The van der Waals surface area contributed by atoms with E-state index in [1.807, 2.05) is 42.5 Å². The second-order valence-corrected chi connectivity index (χ2v) is 8.35. The summed E-state index contributed by atoms with van der Waals surface area (Å²) in [5, 5.41) is 0. The summed E-state index contributed by atoms with van der Waals surface area (Å²) in [5.74, 6) is -2.02. The van der Waals surface area contributed by atoms with E-state index in [0.29, 0.717) is 5.75 Å². The van der Waals surface area contributed by atoms with Gasteiger partial charge in [0.25, 0.3) is 0 Å². The van der Waals surface area contributed by atoms with Gasteiger partial charge in [-0.15, -0.1) is 11.8 Å². The van der Waals surface area contributed by atoms with E-state index < -0.39 is 53.7 Å². The summed E-state index contributed by atoms with van der Waals surface area (Å²) in [6.45, 7) is 4.58. The second-order valence-electron chi connectivity index (χ2n) is 7.21. The van der Waals surface area contributed by atoms with Crippen molar-refractivity contribution in [2.24, 2.45) is 0 Å². The minimum Gasteiger partial charge on any atom is -0.463 e. The first-order valence-corrected chi connectivity index (χ1v) is 11.4. The number of carbonyl (C=O) groups is 4. The molecule has 33 heavy (non-hydrogen) atoms. The van der Waals surface area contributed by atoms with Crippen LogP contribution in [-0.4, -0.2) is 66.1 Å². The van der Waals surface area contributed by atoms with Crippen molar-refractivity contribution in [3.8, 4) is 0 Å². The number of thioether (sulfide) groups is 1. The van der Waals surface area contributed by atoms with E-state index in [0.717, 1.165) is 5.56 Å². The zero-order chi connectivity index (χ0) is 24.4. The van der Waals surface area contributed by atoms with Gasteiger partial charge in [-0.25, -0.2) is 0 Å². The summed E-state index contributed by atoms with van der Waals surface area (Å²) in [6, 6.07) is 9.67. The molecule has 1 aliphatic rings. The Hall–Kier alpha value is -2.85. The zero-order valence-corrected chi connectivity index (χ0v) is 19.7. The fraction of sp³-hybridized carbons (Fsp3) is 0.478. The van der Waals surface area contributed by atoms with Gasteiger partial charge in [-0.3, -0.25) is 19.2 Å². The van der Waals surface area contributed by atoms with Gasteiger partial charge < -0.3 is 23.7 Å². The minimum atomic E-state index is -1.15. The number of ether oxygens (including phenoxy) is 5. The van der Waals surface area contributed by atoms with Gasteiger partial charge in [-0.05, 0) is 5.56 Å². The molecule has 2 rings (SSSR count). The Bertz CT molecular complexity index is 855. The molecule has 0 aromatic heterocycles. The molecule has 9 nitrogen and oxygen atoms in total. The molecule has 0 spiro atoms. The van der Waals surface area contributed by atoms with Gasteiger partial charge in [-0.2, -0.15) is 0 Å². The maximum Gasteiger partial charge on any atom is 0.303 e. The predicted molar refractivity (Wildman–Crippen MR) is 120 cm³/mol. The van der Waals surface area contributed by atoms with Crippen LogP contribution in [0.25, 0.3) is 6.08 Å². The fourth-order valence-corrected chi connectivity index (χ4v) is 4.24. The molecule has 10 heteroatoms. The topological polar surface area (TPSA) is 114 Å². The minimum absolute atomic E-state index is 0.241. The Labute approximate surface area is 196 Å². The summed E-state index contributed by atoms with van der Waals surface area (Å²) in [5.41, 5.74) is 0.227. The molecule has 1 aromatic rings. The molecule has 0 amide bonds. The summed E-state index contributed by atoms with van der Waals surface area (Å²) in [7, 11) is 0. The number of benzene rings is 1. The van der Waals surface area contributed by atoms with E-state index in [4.69, 9.17) is 23.7 Å². The molecule has 180 valence electrons. The molecule has 1 saturated heterocycles. The number of hydrogen-bond acceptors (Lipinski definition) is 10. The largest absolute Gasteiger partial charge is 0.463 e. The standard InChI is InChI=1S/C23H28O9S/c1-14(24)28-13-19-20(29-15(2)25)21(30-16(3)26)22(31-17(4)27)23(32-19)33-12-8-11-18-9-6-5-7-10-18/h5-11,19-23H,12-13H2,1-4H3/b11-8+/t19-,20-,21+,22-,23+/m1/s1. The molecular weight excluding hydrogens is 452 g/mol. The van der Waals surface area contributed by atoms with Crippen LogP contribution in [0, 0.1) is 0 Å². The summed E-state index contributed by atoms with van der Waals surface area (Å²) >= 11 is 1.30. The average molecular weight is 481 g/mol. The van der Waals surface area contributed by atoms with Crippen LogP contribution in [0.1, 0.15) is 33.3 Å². The highest BCUT2D eigenvalue weighted by Gasteiger charge is 2.52. The first-order valence-electron chi connectivity index (χ1n) is 10.3.